The van der Waals surface area contributed by atoms with Crippen LogP contribution in [0, 0.1) is 0 Å². The summed E-state index contributed by atoms with van der Waals surface area (Å²) in [6.07, 6.45) is 0. The predicted molar refractivity (Wildman–Crippen MR) is 218 cm³/mol. The molecule has 0 atom stereocenters. The molecule has 0 unspecified atom stereocenters. The molecule has 11 aromatic rings. The fraction of sp³-hybridized carbons (Fsp3) is 0. The van der Waals surface area contributed by atoms with E-state index in [-0.39, 0.29) is 0 Å². The summed E-state index contributed by atoms with van der Waals surface area (Å²) in [5.74, 6) is 0. The lowest BCUT2D eigenvalue weighted by Gasteiger charge is -2.18. The molecule has 0 radical (unpaired) electrons. The number of para-hydroxylation sites is 1. The van der Waals surface area contributed by atoms with Gasteiger partial charge in [-0.05, 0) is 99.9 Å². The minimum absolute atomic E-state index is 0.897. The summed E-state index contributed by atoms with van der Waals surface area (Å²) in [5, 5.41) is 14.8. The second-order valence-electron chi connectivity index (χ2n) is 13.6. The molecule has 0 amide bonds. The molecule has 0 aliphatic rings. The van der Waals surface area contributed by atoms with Crippen LogP contribution in [-0.4, -0.2) is 0 Å². The van der Waals surface area contributed by atoms with E-state index in [4.69, 9.17) is 4.42 Å². The first-order valence-corrected chi connectivity index (χ1v) is 17.6. The van der Waals surface area contributed by atoms with E-state index in [1.807, 2.05) is 0 Å². The zero-order chi connectivity index (χ0) is 33.5. The zero-order valence-corrected chi connectivity index (χ0v) is 27.7. The van der Waals surface area contributed by atoms with E-state index in [1.54, 1.807) is 0 Å². The Labute approximate surface area is 294 Å². The van der Waals surface area contributed by atoms with Crippen molar-refractivity contribution in [2.24, 2.45) is 0 Å². The minimum Gasteiger partial charge on any atom is -0.455 e. The molecule has 1 heteroatoms. The number of hydrogen-bond donors (Lipinski definition) is 0. The number of furan rings is 1. The highest BCUT2D eigenvalue weighted by atomic mass is 16.3. The lowest BCUT2D eigenvalue weighted by Crippen LogP contribution is -1.91. The molecule has 0 N–H and O–H groups in total. The van der Waals surface area contributed by atoms with Crippen LogP contribution in [0.2, 0.25) is 0 Å². The summed E-state index contributed by atoms with van der Waals surface area (Å²) >= 11 is 0. The van der Waals surface area contributed by atoms with Gasteiger partial charge in [0.2, 0.25) is 0 Å². The van der Waals surface area contributed by atoms with E-state index in [0.717, 1.165) is 33.1 Å². The average molecular weight is 647 g/mol. The monoisotopic (exact) mass is 646 g/mol. The van der Waals surface area contributed by atoms with Crippen molar-refractivity contribution in [2.45, 2.75) is 0 Å². The summed E-state index contributed by atoms with van der Waals surface area (Å²) in [5.41, 5.74) is 8.99. The molecular formula is C50H30O. The van der Waals surface area contributed by atoms with Crippen LogP contribution in [0.1, 0.15) is 0 Å². The van der Waals surface area contributed by atoms with E-state index in [9.17, 15) is 0 Å². The molecular weight excluding hydrogens is 617 g/mol. The van der Waals surface area contributed by atoms with Gasteiger partial charge in [0.05, 0.1) is 0 Å². The van der Waals surface area contributed by atoms with Crippen molar-refractivity contribution in [2.75, 3.05) is 0 Å². The fourth-order valence-electron chi connectivity index (χ4n) is 8.54. The molecule has 1 aromatic heterocycles. The molecule has 51 heavy (non-hydrogen) atoms. The van der Waals surface area contributed by atoms with Crippen LogP contribution in [0.15, 0.2) is 186 Å². The topological polar surface area (TPSA) is 13.1 Å². The second-order valence-corrected chi connectivity index (χ2v) is 13.6. The number of hydrogen-bond acceptors (Lipinski definition) is 1. The third-order valence-electron chi connectivity index (χ3n) is 10.8. The summed E-state index contributed by atoms with van der Waals surface area (Å²) in [7, 11) is 0. The lowest BCUT2D eigenvalue weighted by atomic mass is 9.84. The maximum atomic E-state index is 6.84. The largest absolute Gasteiger partial charge is 0.455 e. The quantitative estimate of drug-likeness (QED) is 0.138. The van der Waals surface area contributed by atoms with E-state index in [1.165, 1.54) is 76.1 Å². The van der Waals surface area contributed by atoms with E-state index >= 15 is 0 Å². The van der Waals surface area contributed by atoms with Crippen LogP contribution < -0.4 is 0 Å². The Morgan fingerprint density at radius 3 is 1.61 bits per heavy atom. The summed E-state index contributed by atoms with van der Waals surface area (Å²) in [4.78, 5) is 0. The third-order valence-corrected chi connectivity index (χ3v) is 10.8. The van der Waals surface area contributed by atoms with Crippen molar-refractivity contribution in [1.82, 2.24) is 0 Å². The highest BCUT2D eigenvalue weighted by Gasteiger charge is 2.21. The minimum atomic E-state index is 0.897. The molecule has 236 valence electrons. The van der Waals surface area contributed by atoms with Gasteiger partial charge in [-0.2, -0.15) is 0 Å². The number of rotatable bonds is 3. The van der Waals surface area contributed by atoms with Crippen molar-refractivity contribution in [1.29, 1.82) is 0 Å². The van der Waals surface area contributed by atoms with E-state index in [0.29, 0.717) is 0 Å². The van der Waals surface area contributed by atoms with Crippen molar-refractivity contribution >= 4 is 75.8 Å². The molecule has 1 heterocycles. The molecule has 1 nitrogen and oxygen atoms in total. The molecule has 0 aliphatic carbocycles. The normalized spacial score (nSPS) is 11.9. The zero-order valence-electron chi connectivity index (χ0n) is 27.7. The Bertz CT molecular complexity index is 3140. The molecule has 11 rings (SSSR count). The van der Waals surface area contributed by atoms with Gasteiger partial charge in [-0.25, -0.2) is 0 Å². The van der Waals surface area contributed by atoms with Gasteiger partial charge in [0.1, 0.15) is 11.2 Å². The van der Waals surface area contributed by atoms with Crippen LogP contribution >= 0.6 is 0 Å². The van der Waals surface area contributed by atoms with Gasteiger partial charge >= 0.3 is 0 Å². The Kier molecular flexibility index (Phi) is 6.02. The molecule has 0 aliphatic heterocycles. The predicted octanol–water partition coefficient (Wildman–Crippen LogP) is 14.4. The molecule has 0 fully saturated rings. The first-order chi connectivity index (χ1) is 25.3. The first-order valence-electron chi connectivity index (χ1n) is 17.6. The molecule has 0 saturated carbocycles. The van der Waals surface area contributed by atoms with Gasteiger partial charge < -0.3 is 4.42 Å². The Hall–Kier alpha value is -6.70. The number of benzene rings is 10. The van der Waals surface area contributed by atoms with Crippen LogP contribution in [0.25, 0.3) is 109 Å². The Morgan fingerprint density at radius 1 is 0.294 bits per heavy atom. The van der Waals surface area contributed by atoms with Gasteiger partial charge in [0.15, 0.2) is 0 Å². The average Bonchev–Trinajstić information content (AvgIpc) is 3.59. The van der Waals surface area contributed by atoms with Crippen LogP contribution in [0.4, 0.5) is 0 Å². The number of fused-ring (bicyclic) bond motifs is 9. The fourth-order valence-corrected chi connectivity index (χ4v) is 8.54. The maximum Gasteiger partial charge on any atom is 0.143 e. The van der Waals surface area contributed by atoms with Crippen LogP contribution in [0.3, 0.4) is 0 Å². The molecule has 0 bridgehead atoms. The van der Waals surface area contributed by atoms with E-state index < -0.39 is 0 Å². The Morgan fingerprint density at radius 2 is 0.824 bits per heavy atom. The smallest absolute Gasteiger partial charge is 0.143 e. The summed E-state index contributed by atoms with van der Waals surface area (Å²) < 4.78 is 6.84. The standard InChI is InChI=1S/C50H30O/c1-2-13-33-29-36(26-23-31(33)11-1)47-40-15-5-7-17-42(40)48(43-18-8-6-16-41(43)47)44-20-10-22-46-49(44)45-21-9-19-39(50(45)51-46)35-27-28-38-34(30-35)25-24-32-12-3-4-14-37(32)38/h1-30H. The van der Waals surface area contributed by atoms with Crippen molar-refractivity contribution in [3.8, 4) is 33.4 Å². The summed E-state index contributed by atoms with van der Waals surface area (Å²) in [6, 6.07) is 66.2. The van der Waals surface area contributed by atoms with Gasteiger partial charge in [0, 0.05) is 16.3 Å². The lowest BCUT2D eigenvalue weighted by molar-refractivity contribution is 0.670. The SMILES string of the molecule is c1ccc2cc(-c3c4ccccc4c(-c4cccc5oc6c(-c7ccc8c(ccc9ccccc98)c7)cccc6c45)c4ccccc34)ccc2c1. The van der Waals surface area contributed by atoms with Crippen molar-refractivity contribution in [3.63, 3.8) is 0 Å². The third kappa shape index (κ3) is 4.22. The second kappa shape index (κ2) is 10.9. The van der Waals surface area contributed by atoms with Crippen LogP contribution in [0.5, 0.6) is 0 Å². The van der Waals surface area contributed by atoms with Gasteiger partial charge in [-0.1, -0.05) is 164 Å². The molecule has 0 spiro atoms. The van der Waals surface area contributed by atoms with Crippen molar-refractivity contribution < 1.29 is 4.42 Å². The van der Waals surface area contributed by atoms with Crippen LogP contribution in [-0.2, 0) is 0 Å². The van der Waals surface area contributed by atoms with E-state index in [2.05, 4.69) is 182 Å². The highest BCUT2D eigenvalue weighted by Crippen LogP contribution is 2.48. The Balaban J connectivity index is 1.17. The van der Waals surface area contributed by atoms with Gasteiger partial charge in [-0.3, -0.25) is 0 Å². The van der Waals surface area contributed by atoms with Gasteiger partial charge in [-0.15, -0.1) is 0 Å². The molecule has 10 aromatic carbocycles. The highest BCUT2D eigenvalue weighted by molar-refractivity contribution is 6.26. The molecule has 0 saturated heterocycles. The van der Waals surface area contributed by atoms with Crippen molar-refractivity contribution in [3.05, 3.63) is 182 Å². The summed E-state index contributed by atoms with van der Waals surface area (Å²) in [6.45, 7) is 0. The van der Waals surface area contributed by atoms with Gasteiger partial charge in [0.25, 0.3) is 0 Å². The maximum absolute atomic E-state index is 6.84. The first kappa shape index (κ1) is 28.2.